The lowest BCUT2D eigenvalue weighted by Crippen LogP contribution is -2.08. The molecule has 2 aliphatic carbocycles. The van der Waals surface area contributed by atoms with Crippen LogP contribution >= 0.6 is 0 Å². The topological polar surface area (TPSA) is 51.5 Å². The molecule has 0 radical (unpaired) electrons. The first kappa shape index (κ1) is 25.4. The van der Waals surface area contributed by atoms with Crippen LogP contribution in [0, 0.1) is 37.5 Å². The summed E-state index contributed by atoms with van der Waals surface area (Å²) in [7, 11) is 1.63. The van der Waals surface area contributed by atoms with Crippen LogP contribution in [0.2, 0.25) is 0 Å². The van der Waals surface area contributed by atoms with Gasteiger partial charge in [-0.25, -0.2) is 0 Å². The van der Waals surface area contributed by atoms with E-state index in [-0.39, 0.29) is 6.79 Å². The molecule has 1 atom stereocenters. The molecule has 1 fully saturated rings. The Bertz CT molecular complexity index is 1310. The first-order valence-corrected chi connectivity index (χ1v) is 13.4. The number of rotatable bonds is 10. The third kappa shape index (κ3) is 5.11. The van der Waals surface area contributed by atoms with Gasteiger partial charge in [-0.1, -0.05) is 24.3 Å². The Morgan fingerprint density at radius 2 is 1.76 bits per heavy atom. The molecule has 0 aromatic heterocycles. The Morgan fingerprint density at radius 1 is 0.973 bits per heavy atom. The van der Waals surface area contributed by atoms with Gasteiger partial charge in [-0.3, -0.25) is 0 Å². The van der Waals surface area contributed by atoms with E-state index in [0.29, 0.717) is 24.4 Å². The minimum absolute atomic E-state index is 0.246. The predicted molar refractivity (Wildman–Crippen MR) is 147 cm³/mol. The molecule has 0 N–H and O–H groups in total. The summed E-state index contributed by atoms with van der Waals surface area (Å²) >= 11 is 0. The fourth-order valence-electron chi connectivity index (χ4n) is 6.36. The molecule has 3 aromatic carbocycles. The maximum atomic E-state index is 8.96. The van der Waals surface area contributed by atoms with Gasteiger partial charge in [-0.2, -0.15) is 5.26 Å². The summed E-state index contributed by atoms with van der Waals surface area (Å²) in [5.41, 5.74) is 10.7. The number of nitrogens with zero attached hydrogens (tertiary/aromatic N) is 1. The predicted octanol–water partition coefficient (Wildman–Crippen LogP) is 7.95. The van der Waals surface area contributed by atoms with Crippen molar-refractivity contribution in [2.24, 2.45) is 5.41 Å². The number of aryl methyl sites for hydroxylation is 2. The van der Waals surface area contributed by atoms with E-state index in [2.05, 4.69) is 75.4 Å². The van der Waals surface area contributed by atoms with Gasteiger partial charge in [0, 0.05) is 13.5 Å². The van der Waals surface area contributed by atoms with Gasteiger partial charge in [-0.15, -0.1) is 0 Å². The Hall–Kier alpha value is -3.29. The number of benzene rings is 3. The van der Waals surface area contributed by atoms with Crippen LogP contribution in [0.15, 0.2) is 48.5 Å². The lowest BCUT2D eigenvalue weighted by Gasteiger charge is -2.19. The number of methoxy groups -OCH3 is 1. The number of hydrogen-bond donors (Lipinski definition) is 0. The van der Waals surface area contributed by atoms with Crippen LogP contribution in [-0.4, -0.2) is 13.9 Å². The standard InChI is InChI=1S/C33H37NO3/c1-22-16-28(37-21-35-4)17-23(2)32(22)29-9-7-8-25(24(29)3)20-36-27-11-12-30-26(18-27)19-33(13-14-33)31(30)10-5-6-15-34/h7-9,11-12,16-18,31H,5-6,10,13-14,19-21H2,1-4H3. The van der Waals surface area contributed by atoms with Crippen molar-refractivity contribution >= 4 is 0 Å². The molecule has 192 valence electrons. The average Bonchev–Trinajstić information content (AvgIpc) is 3.58. The number of hydrogen-bond acceptors (Lipinski definition) is 4. The minimum atomic E-state index is 0.246. The maximum Gasteiger partial charge on any atom is 0.188 e. The van der Waals surface area contributed by atoms with Gasteiger partial charge in [0.2, 0.25) is 0 Å². The number of unbranched alkanes of at least 4 members (excludes halogenated alkanes) is 1. The van der Waals surface area contributed by atoms with E-state index in [9.17, 15) is 0 Å². The van der Waals surface area contributed by atoms with Crippen molar-refractivity contribution in [3.8, 4) is 28.7 Å². The van der Waals surface area contributed by atoms with Gasteiger partial charge >= 0.3 is 0 Å². The van der Waals surface area contributed by atoms with Gasteiger partial charge in [0.25, 0.3) is 0 Å². The molecule has 4 heteroatoms. The van der Waals surface area contributed by atoms with Crippen LogP contribution in [-0.2, 0) is 17.8 Å². The first-order valence-electron chi connectivity index (χ1n) is 13.4. The number of ether oxygens (including phenoxy) is 3. The Balaban J connectivity index is 1.32. The largest absolute Gasteiger partial charge is 0.489 e. The molecular weight excluding hydrogens is 458 g/mol. The summed E-state index contributed by atoms with van der Waals surface area (Å²) in [4.78, 5) is 0. The number of nitriles is 1. The van der Waals surface area contributed by atoms with Crippen LogP contribution in [0.25, 0.3) is 11.1 Å². The van der Waals surface area contributed by atoms with Gasteiger partial charge in [0.15, 0.2) is 6.79 Å². The third-order valence-electron chi connectivity index (χ3n) is 8.40. The van der Waals surface area contributed by atoms with Crippen LogP contribution in [0.5, 0.6) is 11.5 Å². The SMILES string of the molecule is COCOc1cc(C)c(-c2cccc(COc3ccc4c(c3)CC3(CC3)C4CCCC#N)c2C)c(C)c1. The van der Waals surface area contributed by atoms with Crippen LogP contribution in [0.4, 0.5) is 0 Å². The van der Waals surface area contributed by atoms with Crippen molar-refractivity contribution in [2.75, 3.05) is 13.9 Å². The molecule has 3 aromatic rings. The summed E-state index contributed by atoms with van der Waals surface area (Å²) in [5, 5.41) is 8.96. The molecule has 37 heavy (non-hydrogen) atoms. The second-order valence-corrected chi connectivity index (χ2v) is 10.9. The van der Waals surface area contributed by atoms with Crippen LogP contribution in [0.3, 0.4) is 0 Å². The summed E-state index contributed by atoms with van der Waals surface area (Å²) in [5.74, 6) is 2.39. The molecule has 2 aliphatic rings. The molecule has 0 amide bonds. The van der Waals surface area contributed by atoms with Gasteiger partial charge in [0.1, 0.15) is 18.1 Å². The summed E-state index contributed by atoms with van der Waals surface area (Å²) in [6.45, 7) is 7.25. The summed E-state index contributed by atoms with van der Waals surface area (Å²) < 4.78 is 17.1. The molecule has 0 aliphatic heterocycles. The van der Waals surface area contributed by atoms with Crippen molar-refractivity contribution in [1.29, 1.82) is 5.26 Å². The van der Waals surface area contributed by atoms with Crippen molar-refractivity contribution in [3.05, 3.63) is 81.9 Å². The lowest BCUT2D eigenvalue weighted by atomic mass is 9.85. The van der Waals surface area contributed by atoms with E-state index in [1.54, 1.807) is 7.11 Å². The second kappa shape index (κ2) is 10.6. The van der Waals surface area contributed by atoms with E-state index in [0.717, 1.165) is 30.8 Å². The highest BCUT2D eigenvalue weighted by atomic mass is 16.7. The molecule has 0 bridgehead atoms. The highest BCUT2D eigenvalue weighted by molar-refractivity contribution is 5.75. The zero-order chi connectivity index (χ0) is 26.0. The Labute approximate surface area is 221 Å². The van der Waals surface area contributed by atoms with Crippen molar-refractivity contribution < 1.29 is 14.2 Å². The quantitative estimate of drug-likeness (QED) is 0.211. The normalized spacial score (nSPS) is 16.9. The van der Waals surface area contributed by atoms with Gasteiger partial charge in [0.05, 0.1) is 6.07 Å². The fraction of sp³-hybridized carbons (Fsp3) is 0.424. The van der Waals surface area contributed by atoms with E-state index in [1.807, 2.05) is 0 Å². The lowest BCUT2D eigenvalue weighted by molar-refractivity contribution is 0.0511. The molecule has 1 saturated carbocycles. The molecule has 1 spiro atoms. The Morgan fingerprint density at radius 3 is 2.46 bits per heavy atom. The van der Waals surface area contributed by atoms with Crippen molar-refractivity contribution in [2.45, 2.75) is 71.8 Å². The third-order valence-corrected chi connectivity index (χ3v) is 8.40. The monoisotopic (exact) mass is 495 g/mol. The average molecular weight is 496 g/mol. The molecule has 0 saturated heterocycles. The van der Waals surface area contributed by atoms with Crippen LogP contribution in [0.1, 0.15) is 71.4 Å². The van der Waals surface area contributed by atoms with E-state index in [1.165, 1.54) is 57.3 Å². The highest BCUT2D eigenvalue weighted by Crippen LogP contribution is 2.64. The summed E-state index contributed by atoms with van der Waals surface area (Å²) in [6, 6.07) is 19.7. The zero-order valence-electron chi connectivity index (χ0n) is 22.5. The molecular formula is C33H37NO3. The molecule has 5 rings (SSSR count). The molecule has 4 nitrogen and oxygen atoms in total. The maximum absolute atomic E-state index is 8.96. The summed E-state index contributed by atoms with van der Waals surface area (Å²) in [6.07, 6.45) is 6.59. The minimum Gasteiger partial charge on any atom is -0.489 e. The highest BCUT2D eigenvalue weighted by Gasteiger charge is 2.53. The van der Waals surface area contributed by atoms with Crippen LogP contribution < -0.4 is 9.47 Å². The fourth-order valence-corrected chi connectivity index (χ4v) is 6.36. The van der Waals surface area contributed by atoms with E-state index < -0.39 is 0 Å². The smallest absolute Gasteiger partial charge is 0.188 e. The molecule has 1 unspecified atom stereocenters. The van der Waals surface area contributed by atoms with Gasteiger partial charge < -0.3 is 14.2 Å². The Kier molecular flexibility index (Phi) is 7.26. The second-order valence-electron chi connectivity index (χ2n) is 10.9. The van der Waals surface area contributed by atoms with Crippen molar-refractivity contribution in [3.63, 3.8) is 0 Å². The van der Waals surface area contributed by atoms with Crippen molar-refractivity contribution in [1.82, 2.24) is 0 Å². The van der Waals surface area contributed by atoms with E-state index in [4.69, 9.17) is 19.5 Å². The van der Waals surface area contributed by atoms with Gasteiger partial charge in [-0.05, 0) is 133 Å². The first-order chi connectivity index (χ1) is 18.0. The van der Waals surface area contributed by atoms with E-state index >= 15 is 0 Å². The number of fused-ring (bicyclic) bond motifs is 1. The zero-order valence-corrected chi connectivity index (χ0v) is 22.5. The molecule has 0 heterocycles.